The molecule has 1 N–H and O–H groups in total. The van der Waals surface area contributed by atoms with Crippen LogP contribution in [0, 0.1) is 11.8 Å². The average Bonchev–Trinajstić information content (AvgIpc) is 2.36. The Balaban J connectivity index is 4.75. The fourth-order valence-corrected chi connectivity index (χ4v) is 2.06. The maximum Gasteiger partial charge on any atom is 0.137 e. The van der Waals surface area contributed by atoms with E-state index in [-0.39, 0.29) is 23.4 Å². The average molecular weight is 254 g/mol. The molecule has 3 nitrogen and oxygen atoms in total. The molecule has 0 aliphatic heterocycles. The molecular formula is C15H26O3. The molecule has 0 aromatic heterocycles. The van der Waals surface area contributed by atoms with E-state index in [4.69, 9.17) is 0 Å². The summed E-state index contributed by atoms with van der Waals surface area (Å²) in [6.07, 6.45) is 6.56. The van der Waals surface area contributed by atoms with Gasteiger partial charge < -0.3 is 9.90 Å². The lowest BCUT2D eigenvalue weighted by atomic mass is 9.83. The van der Waals surface area contributed by atoms with Crippen LogP contribution in [0.1, 0.15) is 59.3 Å². The molecule has 0 aliphatic carbocycles. The molecule has 0 amide bonds. The van der Waals surface area contributed by atoms with Gasteiger partial charge in [0.2, 0.25) is 0 Å². The van der Waals surface area contributed by atoms with Crippen LogP contribution in [0.15, 0.2) is 11.8 Å². The summed E-state index contributed by atoms with van der Waals surface area (Å²) in [7, 11) is 0. The Morgan fingerprint density at radius 3 is 2.39 bits per heavy atom. The first kappa shape index (κ1) is 16.9. The van der Waals surface area contributed by atoms with Crippen molar-refractivity contribution in [2.75, 3.05) is 0 Å². The van der Waals surface area contributed by atoms with Gasteiger partial charge in [0.1, 0.15) is 12.1 Å². The first-order valence-electron chi connectivity index (χ1n) is 6.96. The summed E-state index contributed by atoms with van der Waals surface area (Å²) in [6, 6.07) is 0. The van der Waals surface area contributed by atoms with Gasteiger partial charge in [0.15, 0.2) is 0 Å². The number of unbranched alkanes of at least 4 members (excludes halogenated alkanes) is 1. The first-order chi connectivity index (χ1) is 8.60. The summed E-state index contributed by atoms with van der Waals surface area (Å²) in [5.41, 5.74) is 0. The number of ketones is 1. The summed E-state index contributed by atoms with van der Waals surface area (Å²) in [5.74, 6) is -0.303. The normalized spacial score (nSPS) is 15.2. The van der Waals surface area contributed by atoms with Crippen LogP contribution in [0.5, 0.6) is 0 Å². The number of allylic oxidation sites excluding steroid dienone is 2. The molecule has 104 valence electrons. The summed E-state index contributed by atoms with van der Waals surface area (Å²) in [4.78, 5) is 23.1. The topological polar surface area (TPSA) is 54.4 Å². The third-order valence-electron chi connectivity index (χ3n) is 3.22. The second-order valence-corrected chi connectivity index (χ2v) is 4.69. The summed E-state index contributed by atoms with van der Waals surface area (Å²) >= 11 is 0. The number of aldehydes is 1. The lowest BCUT2D eigenvalue weighted by molar-refractivity contribution is -0.128. The predicted octanol–water partition coefficient (Wildman–Crippen LogP) is 3.83. The number of aliphatic hydroxyl groups excluding tert-OH is 1. The van der Waals surface area contributed by atoms with Crippen molar-refractivity contribution in [3.8, 4) is 0 Å². The first-order valence-corrected chi connectivity index (χ1v) is 6.96. The molecule has 0 fully saturated rings. The Morgan fingerprint density at radius 1 is 1.28 bits per heavy atom. The molecule has 0 heterocycles. The second kappa shape index (κ2) is 9.86. The van der Waals surface area contributed by atoms with Gasteiger partial charge in [-0.05, 0) is 25.3 Å². The van der Waals surface area contributed by atoms with Crippen LogP contribution in [0.25, 0.3) is 0 Å². The smallest absolute Gasteiger partial charge is 0.137 e. The van der Waals surface area contributed by atoms with Crippen LogP contribution in [-0.4, -0.2) is 17.2 Å². The van der Waals surface area contributed by atoms with E-state index in [1.807, 2.05) is 20.8 Å². The Bertz CT molecular complexity index is 281. The van der Waals surface area contributed by atoms with E-state index >= 15 is 0 Å². The van der Waals surface area contributed by atoms with Crippen molar-refractivity contribution in [1.82, 2.24) is 0 Å². The zero-order valence-corrected chi connectivity index (χ0v) is 11.8. The van der Waals surface area contributed by atoms with E-state index in [9.17, 15) is 14.7 Å². The number of hydrogen-bond acceptors (Lipinski definition) is 3. The van der Waals surface area contributed by atoms with E-state index in [0.29, 0.717) is 19.3 Å². The van der Waals surface area contributed by atoms with E-state index < -0.39 is 0 Å². The summed E-state index contributed by atoms with van der Waals surface area (Å²) < 4.78 is 0. The standard InChI is InChI=1S/C15H26O3/c1-4-7-9-15(18)14(12(6-3)11-16)10-13(17)8-5-2/h8,11-12,14,17H,4-7,9-10H2,1-3H3/b13-8-. The van der Waals surface area contributed by atoms with E-state index in [0.717, 1.165) is 25.5 Å². The molecule has 0 saturated carbocycles. The molecular weight excluding hydrogens is 228 g/mol. The molecule has 2 atom stereocenters. The highest BCUT2D eigenvalue weighted by Crippen LogP contribution is 2.24. The van der Waals surface area contributed by atoms with Gasteiger partial charge in [-0.25, -0.2) is 0 Å². The van der Waals surface area contributed by atoms with Crippen molar-refractivity contribution in [1.29, 1.82) is 0 Å². The van der Waals surface area contributed by atoms with Crippen LogP contribution >= 0.6 is 0 Å². The number of Topliss-reactive ketones (excluding diaryl/α,β-unsaturated/α-hetero) is 1. The SMILES string of the molecule is CC/C=C(\O)CC(C(=O)CCCC)C(C=O)CC. The number of hydrogen-bond donors (Lipinski definition) is 1. The van der Waals surface area contributed by atoms with Crippen molar-refractivity contribution < 1.29 is 14.7 Å². The Hall–Kier alpha value is -1.12. The maximum atomic E-state index is 12.1. The van der Waals surface area contributed by atoms with Gasteiger partial charge >= 0.3 is 0 Å². The van der Waals surface area contributed by atoms with Crippen LogP contribution in [0.4, 0.5) is 0 Å². The minimum Gasteiger partial charge on any atom is -0.513 e. The molecule has 18 heavy (non-hydrogen) atoms. The number of carbonyl (C=O) groups excluding carboxylic acids is 2. The third-order valence-corrected chi connectivity index (χ3v) is 3.22. The minimum atomic E-state index is -0.359. The molecule has 0 rings (SSSR count). The third kappa shape index (κ3) is 5.99. The van der Waals surface area contributed by atoms with Crippen molar-refractivity contribution in [2.45, 2.75) is 59.3 Å². The van der Waals surface area contributed by atoms with Gasteiger partial charge in [-0.15, -0.1) is 0 Å². The molecule has 0 spiro atoms. The lowest BCUT2D eigenvalue weighted by Gasteiger charge is -2.20. The number of rotatable bonds is 10. The Kier molecular flexibility index (Phi) is 9.25. The zero-order chi connectivity index (χ0) is 14.0. The molecule has 0 bridgehead atoms. The zero-order valence-electron chi connectivity index (χ0n) is 11.8. The minimum absolute atomic E-state index is 0.104. The van der Waals surface area contributed by atoms with Crippen molar-refractivity contribution in [3.63, 3.8) is 0 Å². The molecule has 0 saturated heterocycles. The van der Waals surface area contributed by atoms with Gasteiger partial charge in [-0.3, -0.25) is 4.79 Å². The summed E-state index contributed by atoms with van der Waals surface area (Å²) in [6.45, 7) is 5.87. The number of aliphatic hydroxyl groups is 1. The van der Waals surface area contributed by atoms with Gasteiger partial charge in [-0.2, -0.15) is 0 Å². The highest BCUT2D eigenvalue weighted by atomic mass is 16.3. The van der Waals surface area contributed by atoms with Gasteiger partial charge in [0.25, 0.3) is 0 Å². The maximum absolute atomic E-state index is 12.1. The lowest BCUT2D eigenvalue weighted by Crippen LogP contribution is -2.25. The monoisotopic (exact) mass is 254 g/mol. The largest absolute Gasteiger partial charge is 0.513 e. The van der Waals surface area contributed by atoms with E-state index in [2.05, 4.69) is 0 Å². The highest BCUT2D eigenvalue weighted by Gasteiger charge is 2.27. The van der Waals surface area contributed by atoms with Crippen molar-refractivity contribution in [3.05, 3.63) is 11.8 Å². The number of carbonyl (C=O) groups is 2. The predicted molar refractivity (Wildman–Crippen MR) is 73.5 cm³/mol. The summed E-state index contributed by atoms with van der Waals surface area (Å²) in [5, 5.41) is 9.73. The molecule has 0 aromatic carbocycles. The van der Waals surface area contributed by atoms with E-state index in [1.165, 1.54) is 0 Å². The highest BCUT2D eigenvalue weighted by molar-refractivity contribution is 5.84. The quantitative estimate of drug-likeness (QED) is 0.476. The van der Waals surface area contributed by atoms with Crippen LogP contribution in [0.2, 0.25) is 0 Å². The van der Waals surface area contributed by atoms with Crippen LogP contribution in [0.3, 0.4) is 0 Å². The Morgan fingerprint density at radius 2 is 1.94 bits per heavy atom. The fraction of sp³-hybridized carbons (Fsp3) is 0.733. The molecule has 0 aliphatic rings. The van der Waals surface area contributed by atoms with Gasteiger partial charge in [0.05, 0.1) is 5.76 Å². The van der Waals surface area contributed by atoms with Crippen molar-refractivity contribution in [2.24, 2.45) is 11.8 Å². The van der Waals surface area contributed by atoms with Crippen molar-refractivity contribution >= 4 is 12.1 Å². The Labute approximate surface area is 110 Å². The van der Waals surface area contributed by atoms with E-state index in [1.54, 1.807) is 6.08 Å². The molecule has 3 heteroatoms. The molecule has 0 aromatic rings. The molecule has 2 unspecified atom stereocenters. The van der Waals surface area contributed by atoms with Gasteiger partial charge in [-0.1, -0.05) is 27.2 Å². The fourth-order valence-electron chi connectivity index (χ4n) is 2.06. The van der Waals surface area contributed by atoms with Crippen LogP contribution in [-0.2, 0) is 9.59 Å². The second-order valence-electron chi connectivity index (χ2n) is 4.69. The van der Waals surface area contributed by atoms with Gasteiger partial charge in [0, 0.05) is 24.7 Å². The molecule has 0 radical (unpaired) electrons. The van der Waals surface area contributed by atoms with Crippen LogP contribution < -0.4 is 0 Å².